The van der Waals surface area contributed by atoms with Gasteiger partial charge in [0.2, 0.25) is 0 Å². The summed E-state index contributed by atoms with van der Waals surface area (Å²) in [5, 5.41) is 22.5. The number of aliphatic hydroxyl groups excluding tert-OH is 2. The van der Waals surface area contributed by atoms with E-state index in [1.165, 1.54) is 56.9 Å². The maximum Gasteiger partial charge on any atom is 0.0649 e. The molecule has 0 bridgehead atoms. The van der Waals surface area contributed by atoms with Crippen LogP contribution in [0.5, 0.6) is 0 Å². The van der Waals surface area contributed by atoms with Crippen LogP contribution >= 0.6 is 0 Å². The summed E-state index contributed by atoms with van der Waals surface area (Å²) >= 11 is 0. The topological polar surface area (TPSA) is 49.7 Å². The molecule has 0 radical (unpaired) electrons. The van der Waals surface area contributed by atoms with Gasteiger partial charge in [-0.1, -0.05) is 57.8 Å². The molecule has 9 atom stereocenters. The monoisotopic (exact) mass is 526 g/mol. The molecule has 3 heteroatoms. The average Bonchev–Trinajstić information content (AvgIpc) is 3.18. The molecule has 1 aliphatic heterocycles. The van der Waals surface area contributed by atoms with Crippen molar-refractivity contribution >= 4 is 0 Å². The SMILES string of the molecule is CC(C)=C/C1=C(\C)C2C(C[C@@]3(CO)C2CCC2[C@@]4(C)CCC(O)C(C)(C)C4CC[C@]23C)OCCCCCC1. The van der Waals surface area contributed by atoms with Gasteiger partial charge in [-0.3, -0.25) is 0 Å². The van der Waals surface area contributed by atoms with Crippen LogP contribution in [-0.4, -0.2) is 35.6 Å². The molecule has 4 saturated carbocycles. The van der Waals surface area contributed by atoms with E-state index in [0.717, 1.165) is 32.3 Å². The quantitative estimate of drug-likeness (QED) is 0.381. The molecular formula is C35H58O3. The largest absolute Gasteiger partial charge is 0.396 e. The highest BCUT2D eigenvalue weighted by Crippen LogP contribution is 2.75. The fourth-order valence-corrected chi connectivity index (χ4v) is 11.5. The van der Waals surface area contributed by atoms with E-state index >= 15 is 0 Å². The van der Waals surface area contributed by atoms with E-state index in [-0.39, 0.29) is 33.9 Å². The Bertz CT molecular complexity index is 943. The molecule has 216 valence electrons. The fourth-order valence-electron chi connectivity index (χ4n) is 11.5. The zero-order chi connectivity index (χ0) is 27.5. The van der Waals surface area contributed by atoms with E-state index in [4.69, 9.17) is 4.74 Å². The molecule has 0 spiro atoms. The predicted molar refractivity (Wildman–Crippen MR) is 157 cm³/mol. The lowest BCUT2D eigenvalue weighted by Crippen LogP contribution is -2.65. The summed E-state index contributed by atoms with van der Waals surface area (Å²) in [7, 11) is 0. The maximum atomic E-state index is 11.5. The highest BCUT2D eigenvalue weighted by molar-refractivity contribution is 5.33. The molecule has 0 aromatic carbocycles. The summed E-state index contributed by atoms with van der Waals surface area (Å²) in [4.78, 5) is 0. The van der Waals surface area contributed by atoms with Crippen LogP contribution in [0, 0.1) is 45.3 Å². The molecule has 4 aliphatic carbocycles. The van der Waals surface area contributed by atoms with Gasteiger partial charge in [0.15, 0.2) is 0 Å². The molecule has 0 aromatic heterocycles. The lowest BCUT2D eigenvalue weighted by Gasteiger charge is -2.70. The van der Waals surface area contributed by atoms with E-state index in [1.54, 1.807) is 11.1 Å². The Balaban J connectivity index is 1.58. The smallest absolute Gasteiger partial charge is 0.0649 e. The molecule has 5 rings (SSSR count). The van der Waals surface area contributed by atoms with E-state index in [2.05, 4.69) is 54.5 Å². The Kier molecular flexibility index (Phi) is 7.84. The van der Waals surface area contributed by atoms with Crippen LogP contribution in [-0.2, 0) is 4.74 Å². The van der Waals surface area contributed by atoms with Gasteiger partial charge >= 0.3 is 0 Å². The van der Waals surface area contributed by atoms with E-state index in [9.17, 15) is 10.2 Å². The number of allylic oxidation sites excluding steroid dienone is 3. The summed E-state index contributed by atoms with van der Waals surface area (Å²) in [6.45, 7) is 17.9. The minimum atomic E-state index is -0.193. The van der Waals surface area contributed by atoms with Crippen LogP contribution in [0.15, 0.2) is 22.8 Å². The van der Waals surface area contributed by atoms with E-state index in [0.29, 0.717) is 30.3 Å². The van der Waals surface area contributed by atoms with Crippen molar-refractivity contribution in [1.29, 1.82) is 0 Å². The van der Waals surface area contributed by atoms with Gasteiger partial charge in [-0.25, -0.2) is 0 Å². The van der Waals surface area contributed by atoms with Crippen LogP contribution in [0.25, 0.3) is 0 Å². The first-order chi connectivity index (χ1) is 17.9. The van der Waals surface area contributed by atoms with Gasteiger partial charge in [0.1, 0.15) is 0 Å². The Hall–Kier alpha value is -0.640. The van der Waals surface area contributed by atoms with Crippen LogP contribution in [0.2, 0.25) is 0 Å². The molecule has 2 N–H and O–H groups in total. The lowest BCUT2D eigenvalue weighted by molar-refractivity contribution is -0.232. The normalized spacial score (nSPS) is 49.1. The molecule has 4 fully saturated rings. The molecule has 6 unspecified atom stereocenters. The van der Waals surface area contributed by atoms with Gasteiger partial charge in [-0.15, -0.1) is 0 Å². The van der Waals surface area contributed by atoms with Crippen LogP contribution in [0.1, 0.15) is 126 Å². The van der Waals surface area contributed by atoms with Gasteiger partial charge < -0.3 is 14.9 Å². The van der Waals surface area contributed by atoms with Crippen molar-refractivity contribution < 1.29 is 14.9 Å². The van der Waals surface area contributed by atoms with Crippen molar-refractivity contribution in [2.24, 2.45) is 45.3 Å². The number of fused-ring (bicyclic) bond motifs is 7. The second-order valence-electron chi connectivity index (χ2n) is 15.7. The number of hydrogen-bond donors (Lipinski definition) is 2. The summed E-state index contributed by atoms with van der Waals surface area (Å²) in [6, 6.07) is 0. The minimum absolute atomic E-state index is 0.0340. The van der Waals surface area contributed by atoms with Crippen molar-refractivity contribution in [1.82, 2.24) is 0 Å². The third kappa shape index (κ3) is 4.23. The Morgan fingerprint density at radius 3 is 2.39 bits per heavy atom. The van der Waals surface area contributed by atoms with E-state index in [1.807, 2.05) is 0 Å². The molecular weight excluding hydrogens is 468 g/mol. The second kappa shape index (κ2) is 10.3. The van der Waals surface area contributed by atoms with Crippen LogP contribution in [0.4, 0.5) is 0 Å². The number of ether oxygens (including phenoxy) is 1. The third-order valence-corrected chi connectivity index (χ3v) is 13.5. The van der Waals surface area contributed by atoms with Gasteiger partial charge in [0.05, 0.1) is 12.2 Å². The lowest BCUT2D eigenvalue weighted by atomic mass is 9.35. The Morgan fingerprint density at radius 2 is 1.68 bits per heavy atom. The molecule has 0 saturated heterocycles. The summed E-state index contributed by atoms with van der Waals surface area (Å²) in [5.41, 5.74) is 4.72. The number of hydrogen-bond acceptors (Lipinski definition) is 3. The molecule has 5 aliphatic rings. The highest BCUT2D eigenvalue weighted by atomic mass is 16.5. The van der Waals surface area contributed by atoms with Gasteiger partial charge in [-0.2, -0.15) is 0 Å². The standard InChI is InChI=1S/C35H58O3/c1-23(2)20-25-12-10-8-9-11-19-38-27-21-35(22-36)26(31(27)24(25)3)13-14-29-33(6)17-16-30(37)32(4,5)28(33)15-18-34(29,35)7/h20,26-31,36-37H,8-19,21-22H2,1-7H3/b25-24+/t26?,27?,28?,29?,30?,31?,33-,34+,35+/m0/s1. The fraction of sp³-hybridized carbons (Fsp3) is 0.886. The molecule has 3 nitrogen and oxygen atoms in total. The summed E-state index contributed by atoms with van der Waals surface area (Å²) in [6.07, 6.45) is 16.5. The number of aliphatic hydroxyl groups is 2. The molecule has 1 heterocycles. The second-order valence-corrected chi connectivity index (χ2v) is 15.7. The zero-order valence-corrected chi connectivity index (χ0v) is 25.7. The van der Waals surface area contributed by atoms with Crippen molar-refractivity contribution in [2.75, 3.05) is 13.2 Å². The molecule has 0 amide bonds. The van der Waals surface area contributed by atoms with Gasteiger partial charge in [0, 0.05) is 24.5 Å². The highest BCUT2D eigenvalue weighted by Gasteiger charge is 2.71. The van der Waals surface area contributed by atoms with Crippen molar-refractivity contribution in [2.45, 2.75) is 138 Å². The third-order valence-electron chi connectivity index (χ3n) is 13.5. The van der Waals surface area contributed by atoms with Crippen molar-refractivity contribution in [3.63, 3.8) is 0 Å². The van der Waals surface area contributed by atoms with Crippen molar-refractivity contribution in [3.8, 4) is 0 Å². The summed E-state index contributed by atoms with van der Waals surface area (Å²) in [5.74, 6) is 2.06. The first-order valence-electron chi connectivity index (χ1n) is 16.2. The van der Waals surface area contributed by atoms with Crippen molar-refractivity contribution in [3.05, 3.63) is 22.8 Å². The predicted octanol–water partition coefficient (Wildman–Crippen LogP) is 8.25. The first-order valence-corrected chi connectivity index (χ1v) is 16.2. The summed E-state index contributed by atoms with van der Waals surface area (Å²) < 4.78 is 6.85. The van der Waals surface area contributed by atoms with E-state index < -0.39 is 0 Å². The van der Waals surface area contributed by atoms with Gasteiger partial charge in [-0.05, 0) is 125 Å². The Morgan fingerprint density at radius 1 is 0.947 bits per heavy atom. The van der Waals surface area contributed by atoms with Gasteiger partial charge in [0.25, 0.3) is 0 Å². The Labute approximate surface area is 233 Å². The van der Waals surface area contributed by atoms with Crippen LogP contribution < -0.4 is 0 Å². The average molecular weight is 527 g/mol. The maximum absolute atomic E-state index is 11.5. The van der Waals surface area contributed by atoms with Crippen LogP contribution in [0.3, 0.4) is 0 Å². The zero-order valence-electron chi connectivity index (χ0n) is 25.7. The number of rotatable bonds is 2. The molecule has 38 heavy (non-hydrogen) atoms. The first kappa shape index (κ1) is 28.9. The minimum Gasteiger partial charge on any atom is -0.396 e. The molecule has 0 aromatic rings.